The minimum Gasteiger partial charge on any atom is -0.496 e. The molecular formula is C12H13NO5. The van der Waals surface area contributed by atoms with E-state index in [1.807, 2.05) is 0 Å². The van der Waals surface area contributed by atoms with Crippen molar-refractivity contribution in [3.63, 3.8) is 0 Å². The molecule has 6 heteroatoms. The quantitative estimate of drug-likeness (QED) is 0.661. The molecule has 0 saturated carbocycles. The number of hydrogen-bond donors (Lipinski definition) is 1. The topological polar surface area (TPSA) is 83.9 Å². The summed E-state index contributed by atoms with van der Waals surface area (Å²) in [4.78, 5) is 11.4. The number of fused-ring (bicyclic) bond motifs is 1. The highest BCUT2D eigenvalue weighted by atomic mass is 16.5. The maximum absolute atomic E-state index is 11.4. The number of ether oxygens (including phenoxy) is 3. The molecule has 2 N–H and O–H groups in total. The van der Waals surface area contributed by atoms with E-state index in [1.165, 1.54) is 27.4 Å². The van der Waals surface area contributed by atoms with E-state index in [2.05, 4.69) is 4.74 Å². The lowest BCUT2D eigenvalue weighted by atomic mass is 10.2. The Hall–Kier alpha value is -2.37. The van der Waals surface area contributed by atoms with Crippen LogP contribution in [0.15, 0.2) is 16.5 Å². The molecule has 0 aliphatic heterocycles. The number of esters is 1. The van der Waals surface area contributed by atoms with Gasteiger partial charge in [0.05, 0.1) is 32.4 Å². The number of rotatable bonds is 3. The van der Waals surface area contributed by atoms with Crippen molar-refractivity contribution in [1.82, 2.24) is 0 Å². The number of carbonyl (C=O) groups is 1. The van der Waals surface area contributed by atoms with Crippen LogP contribution in [0.2, 0.25) is 0 Å². The molecule has 0 fully saturated rings. The minimum atomic E-state index is -0.575. The first kappa shape index (κ1) is 12.1. The summed E-state index contributed by atoms with van der Waals surface area (Å²) in [6.07, 6.45) is 0. The van der Waals surface area contributed by atoms with E-state index in [1.54, 1.807) is 6.07 Å². The van der Waals surface area contributed by atoms with Gasteiger partial charge in [0, 0.05) is 12.1 Å². The summed E-state index contributed by atoms with van der Waals surface area (Å²) >= 11 is 0. The fourth-order valence-corrected chi connectivity index (χ4v) is 1.74. The van der Waals surface area contributed by atoms with Crippen molar-refractivity contribution < 1.29 is 23.4 Å². The predicted octanol–water partition coefficient (Wildman–Crippen LogP) is 1.82. The van der Waals surface area contributed by atoms with Crippen molar-refractivity contribution in [2.24, 2.45) is 0 Å². The smallest absolute Gasteiger partial charge is 0.373 e. The molecule has 0 unspecified atom stereocenters. The van der Waals surface area contributed by atoms with Gasteiger partial charge in [-0.1, -0.05) is 0 Å². The molecule has 0 saturated heterocycles. The summed E-state index contributed by atoms with van der Waals surface area (Å²) in [6.45, 7) is 0. The molecule has 2 rings (SSSR count). The van der Waals surface area contributed by atoms with Gasteiger partial charge < -0.3 is 24.4 Å². The van der Waals surface area contributed by atoms with Crippen LogP contribution in [0.5, 0.6) is 11.5 Å². The molecule has 0 amide bonds. The fraction of sp³-hybridized carbons (Fsp3) is 0.250. The summed E-state index contributed by atoms with van der Waals surface area (Å²) in [6, 6.07) is 3.14. The van der Waals surface area contributed by atoms with E-state index in [0.29, 0.717) is 28.2 Å². The van der Waals surface area contributed by atoms with Crippen molar-refractivity contribution in [3.05, 3.63) is 17.9 Å². The van der Waals surface area contributed by atoms with E-state index >= 15 is 0 Å². The van der Waals surface area contributed by atoms with Gasteiger partial charge in [0.25, 0.3) is 0 Å². The molecule has 2 aromatic rings. The monoisotopic (exact) mass is 251 g/mol. The maximum Gasteiger partial charge on any atom is 0.373 e. The number of nitrogens with two attached hydrogens (primary N) is 1. The lowest BCUT2D eigenvalue weighted by molar-refractivity contribution is 0.0567. The Labute approximate surface area is 103 Å². The zero-order valence-electron chi connectivity index (χ0n) is 10.3. The highest BCUT2D eigenvalue weighted by Gasteiger charge is 2.20. The number of carbonyl (C=O) groups excluding carboxylic acids is 1. The lowest BCUT2D eigenvalue weighted by Gasteiger charge is -2.07. The van der Waals surface area contributed by atoms with Gasteiger partial charge in [-0.3, -0.25) is 0 Å². The van der Waals surface area contributed by atoms with Crippen molar-refractivity contribution >= 4 is 22.6 Å². The van der Waals surface area contributed by atoms with Crippen molar-refractivity contribution in [2.75, 3.05) is 27.1 Å². The van der Waals surface area contributed by atoms with Crippen LogP contribution in [-0.2, 0) is 4.74 Å². The Morgan fingerprint density at radius 1 is 1.22 bits per heavy atom. The summed E-state index contributed by atoms with van der Waals surface area (Å²) < 4.78 is 20.3. The number of anilines is 1. The normalized spacial score (nSPS) is 10.4. The first-order chi connectivity index (χ1) is 8.62. The van der Waals surface area contributed by atoms with Gasteiger partial charge in [-0.25, -0.2) is 4.79 Å². The second-order valence-corrected chi connectivity index (χ2v) is 3.55. The zero-order chi connectivity index (χ0) is 13.3. The summed E-state index contributed by atoms with van der Waals surface area (Å²) in [7, 11) is 4.25. The van der Waals surface area contributed by atoms with Crippen LogP contribution >= 0.6 is 0 Å². The second kappa shape index (κ2) is 4.48. The largest absolute Gasteiger partial charge is 0.496 e. The maximum atomic E-state index is 11.4. The Bertz CT molecular complexity index is 602. The molecule has 0 radical (unpaired) electrons. The standard InChI is InChI=1S/C12H13NO5/c1-15-8-5-7(13)11(16-2)10-6(8)4-9(18-10)12(14)17-3/h4-5H,13H2,1-3H3. The first-order valence-corrected chi connectivity index (χ1v) is 5.14. The van der Waals surface area contributed by atoms with Crippen LogP contribution in [-0.4, -0.2) is 27.3 Å². The third-order valence-electron chi connectivity index (χ3n) is 2.56. The Morgan fingerprint density at radius 2 is 1.94 bits per heavy atom. The number of methoxy groups -OCH3 is 3. The molecule has 6 nitrogen and oxygen atoms in total. The van der Waals surface area contributed by atoms with Crippen molar-refractivity contribution in [2.45, 2.75) is 0 Å². The number of benzene rings is 1. The minimum absolute atomic E-state index is 0.0645. The summed E-state index contributed by atoms with van der Waals surface area (Å²) in [5.74, 6) is 0.353. The van der Waals surface area contributed by atoms with Gasteiger partial charge in [0.2, 0.25) is 5.76 Å². The Morgan fingerprint density at radius 3 is 2.50 bits per heavy atom. The SMILES string of the molecule is COC(=O)c1cc2c(OC)cc(N)c(OC)c2o1. The molecular weight excluding hydrogens is 238 g/mol. The van der Waals surface area contributed by atoms with Crippen LogP contribution in [0, 0.1) is 0 Å². The molecule has 0 aliphatic rings. The van der Waals surface area contributed by atoms with E-state index in [-0.39, 0.29) is 5.76 Å². The third-order valence-corrected chi connectivity index (χ3v) is 2.56. The van der Waals surface area contributed by atoms with Gasteiger partial charge >= 0.3 is 5.97 Å². The van der Waals surface area contributed by atoms with E-state index in [0.717, 1.165) is 0 Å². The molecule has 1 aromatic heterocycles. The number of hydrogen-bond acceptors (Lipinski definition) is 6. The molecule has 96 valence electrons. The molecule has 18 heavy (non-hydrogen) atoms. The lowest BCUT2D eigenvalue weighted by Crippen LogP contribution is -1.98. The molecule has 1 heterocycles. The number of furan rings is 1. The van der Waals surface area contributed by atoms with Crippen LogP contribution in [0.1, 0.15) is 10.6 Å². The third kappa shape index (κ3) is 1.71. The Kier molecular flexibility index (Phi) is 3.01. The molecule has 0 bridgehead atoms. The van der Waals surface area contributed by atoms with Crippen molar-refractivity contribution in [1.29, 1.82) is 0 Å². The second-order valence-electron chi connectivity index (χ2n) is 3.55. The summed E-state index contributed by atoms with van der Waals surface area (Å²) in [5.41, 5.74) is 6.53. The highest BCUT2D eigenvalue weighted by molar-refractivity contribution is 5.99. The van der Waals surface area contributed by atoms with Gasteiger partial charge in [0.1, 0.15) is 5.75 Å². The Balaban J connectivity index is 2.75. The highest BCUT2D eigenvalue weighted by Crippen LogP contribution is 2.40. The molecule has 0 aliphatic carbocycles. The summed E-state index contributed by atoms with van der Waals surface area (Å²) in [5, 5.41) is 0.601. The average molecular weight is 251 g/mol. The van der Waals surface area contributed by atoms with Crippen LogP contribution < -0.4 is 15.2 Å². The molecule has 0 atom stereocenters. The fourth-order valence-electron chi connectivity index (χ4n) is 1.74. The van der Waals surface area contributed by atoms with Gasteiger partial charge in [0.15, 0.2) is 11.3 Å². The van der Waals surface area contributed by atoms with Crippen LogP contribution in [0.3, 0.4) is 0 Å². The van der Waals surface area contributed by atoms with E-state index in [9.17, 15) is 4.79 Å². The van der Waals surface area contributed by atoms with Crippen molar-refractivity contribution in [3.8, 4) is 11.5 Å². The van der Waals surface area contributed by atoms with E-state index < -0.39 is 5.97 Å². The first-order valence-electron chi connectivity index (χ1n) is 5.14. The average Bonchev–Trinajstić information content (AvgIpc) is 2.81. The predicted molar refractivity (Wildman–Crippen MR) is 65.1 cm³/mol. The van der Waals surface area contributed by atoms with E-state index in [4.69, 9.17) is 19.6 Å². The molecule has 1 aromatic carbocycles. The van der Waals surface area contributed by atoms with Gasteiger partial charge in [-0.05, 0) is 0 Å². The van der Waals surface area contributed by atoms with Crippen LogP contribution in [0.25, 0.3) is 11.0 Å². The zero-order valence-corrected chi connectivity index (χ0v) is 10.3. The van der Waals surface area contributed by atoms with Gasteiger partial charge in [-0.15, -0.1) is 0 Å². The molecule has 0 spiro atoms. The number of nitrogen functional groups attached to an aromatic ring is 1. The van der Waals surface area contributed by atoms with Crippen LogP contribution in [0.4, 0.5) is 5.69 Å². The van der Waals surface area contributed by atoms with Gasteiger partial charge in [-0.2, -0.15) is 0 Å².